The van der Waals surface area contributed by atoms with E-state index in [1.54, 1.807) is 11.9 Å². The smallest absolute Gasteiger partial charge is 0.306 e. The predicted molar refractivity (Wildman–Crippen MR) is 71.9 cm³/mol. The van der Waals surface area contributed by atoms with Gasteiger partial charge in [0.25, 0.3) is 0 Å². The van der Waals surface area contributed by atoms with E-state index in [0.29, 0.717) is 32.2 Å². The van der Waals surface area contributed by atoms with Gasteiger partial charge in [-0.25, -0.2) is 0 Å². The number of carbonyl (C=O) groups is 3. The molecule has 0 bridgehead atoms. The molecule has 0 aromatic rings. The molecule has 20 heavy (non-hydrogen) atoms. The average molecular weight is 282 g/mol. The van der Waals surface area contributed by atoms with Gasteiger partial charge in [0.15, 0.2) is 0 Å². The van der Waals surface area contributed by atoms with Gasteiger partial charge in [0, 0.05) is 19.5 Å². The number of likely N-dealkylation sites (N-methyl/N-ethyl adjacent to an activating group) is 1. The zero-order chi connectivity index (χ0) is 14.7. The van der Waals surface area contributed by atoms with E-state index >= 15 is 0 Å². The second kappa shape index (κ2) is 6.24. The Hall–Kier alpha value is -1.59. The molecular weight excluding hydrogens is 260 g/mol. The molecule has 1 aliphatic carbocycles. The molecule has 1 saturated heterocycles. The van der Waals surface area contributed by atoms with Crippen LogP contribution in [0.3, 0.4) is 0 Å². The number of likely N-dealkylation sites (tertiary alicyclic amines) is 1. The fourth-order valence-corrected chi connectivity index (χ4v) is 3.30. The number of rotatable bonds is 3. The first-order chi connectivity index (χ1) is 9.54. The fraction of sp³-hybridized carbons (Fsp3) is 0.786. The number of aliphatic carboxylic acids is 1. The number of carboxylic acids is 1. The van der Waals surface area contributed by atoms with Crippen molar-refractivity contribution in [3.8, 4) is 0 Å². The van der Waals surface area contributed by atoms with E-state index in [0.717, 1.165) is 12.8 Å². The number of piperidine rings is 1. The van der Waals surface area contributed by atoms with Crippen LogP contribution in [0.1, 0.15) is 38.5 Å². The zero-order valence-electron chi connectivity index (χ0n) is 11.8. The molecule has 2 aliphatic rings. The van der Waals surface area contributed by atoms with E-state index in [1.165, 1.54) is 0 Å². The first-order valence-electron chi connectivity index (χ1n) is 7.29. The van der Waals surface area contributed by atoms with Crippen LogP contribution in [0.25, 0.3) is 0 Å². The highest BCUT2D eigenvalue weighted by Crippen LogP contribution is 2.33. The van der Waals surface area contributed by atoms with Crippen LogP contribution in [0.2, 0.25) is 0 Å². The lowest BCUT2D eigenvalue weighted by Gasteiger charge is -2.36. The van der Waals surface area contributed by atoms with E-state index < -0.39 is 11.9 Å². The van der Waals surface area contributed by atoms with Gasteiger partial charge in [-0.1, -0.05) is 0 Å². The van der Waals surface area contributed by atoms with Gasteiger partial charge in [-0.2, -0.15) is 0 Å². The molecule has 0 aromatic heterocycles. The van der Waals surface area contributed by atoms with Gasteiger partial charge in [-0.05, 0) is 38.5 Å². The minimum Gasteiger partial charge on any atom is -0.481 e. The van der Waals surface area contributed by atoms with Crippen LogP contribution < -0.4 is 5.32 Å². The zero-order valence-corrected chi connectivity index (χ0v) is 11.8. The molecule has 0 aromatic carbocycles. The van der Waals surface area contributed by atoms with Gasteiger partial charge < -0.3 is 15.3 Å². The second-order valence-corrected chi connectivity index (χ2v) is 5.70. The number of hydrogen-bond donors (Lipinski definition) is 2. The van der Waals surface area contributed by atoms with Crippen molar-refractivity contribution in [2.24, 2.45) is 11.8 Å². The average Bonchev–Trinajstić information content (AvgIpc) is 2.95. The predicted octanol–water partition coefficient (Wildman–Crippen LogP) is 0.614. The summed E-state index contributed by atoms with van der Waals surface area (Å²) in [6.07, 6.45) is 4.14. The summed E-state index contributed by atoms with van der Waals surface area (Å²) in [7, 11) is 1.58. The Balaban J connectivity index is 2.03. The molecule has 1 saturated carbocycles. The van der Waals surface area contributed by atoms with Gasteiger partial charge in [-0.15, -0.1) is 0 Å². The molecule has 2 rings (SSSR count). The number of hydrogen-bond acceptors (Lipinski definition) is 3. The topological polar surface area (TPSA) is 86.7 Å². The van der Waals surface area contributed by atoms with Gasteiger partial charge in [0.2, 0.25) is 11.8 Å². The molecule has 0 spiro atoms. The summed E-state index contributed by atoms with van der Waals surface area (Å²) in [4.78, 5) is 37.1. The van der Waals surface area contributed by atoms with Crippen LogP contribution in [0.15, 0.2) is 0 Å². The molecule has 0 radical (unpaired) electrons. The molecule has 2 N–H and O–H groups in total. The molecule has 1 heterocycles. The van der Waals surface area contributed by atoms with Crippen molar-refractivity contribution in [3.63, 3.8) is 0 Å². The number of amides is 2. The molecule has 2 amide bonds. The lowest BCUT2D eigenvalue weighted by Crippen LogP contribution is -2.52. The van der Waals surface area contributed by atoms with Crippen molar-refractivity contribution in [2.75, 3.05) is 13.6 Å². The van der Waals surface area contributed by atoms with Crippen LogP contribution in [0, 0.1) is 11.8 Å². The summed E-state index contributed by atoms with van der Waals surface area (Å²) < 4.78 is 0. The van der Waals surface area contributed by atoms with E-state index in [9.17, 15) is 14.4 Å². The Labute approximate surface area is 118 Å². The Morgan fingerprint density at radius 1 is 1.10 bits per heavy atom. The SMILES string of the molecule is CNC(=O)C1CCCCN1C(=O)C1CCC(C(=O)O)C1. The second-order valence-electron chi connectivity index (χ2n) is 5.70. The minimum absolute atomic E-state index is 0.0398. The lowest BCUT2D eigenvalue weighted by atomic mass is 9.97. The molecular formula is C14H22N2O4. The molecule has 2 fully saturated rings. The number of carbonyl (C=O) groups excluding carboxylic acids is 2. The summed E-state index contributed by atoms with van der Waals surface area (Å²) in [6, 6.07) is -0.384. The summed E-state index contributed by atoms with van der Waals surface area (Å²) in [5.41, 5.74) is 0. The van der Waals surface area contributed by atoms with E-state index in [1.807, 2.05) is 0 Å². The normalized spacial score (nSPS) is 30.1. The first-order valence-corrected chi connectivity index (χ1v) is 7.29. The molecule has 6 heteroatoms. The Kier molecular flexibility index (Phi) is 4.62. The van der Waals surface area contributed by atoms with Crippen LogP contribution in [-0.4, -0.2) is 47.4 Å². The Morgan fingerprint density at radius 2 is 1.80 bits per heavy atom. The third-order valence-electron chi connectivity index (χ3n) is 4.47. The van der Waals surface area contributed by atoms with Crippen LogP contribution in [-0.2, 0) is 14.4 Å². The summed E-state index contributed by atoms with van der Waals surface area (Å²) in [6.45, 7) is 0.602. The highest BCUT2D eigenvalue weighted by molar-refractivity contribution is 5.89. The maximum absolute atomic E-state index is 12.6. The largest absolute Gasteiger partial charge is 0.481 e. The number of nitrogens with zero attached hydrogens (tertiary/aromatic N) is 1. The number of nitrogens with one attached hydrogen (secondary N) is 1. The van der Waals surface area contributed by atoms with Crippen LogP contribution in [0.5, 0.6) is 0 Å². The van der Waals surface area contributed by atoms with E-state index in [2.05, 4.69) is 5.32 Å². The molecule has 3 unspecified atom stereocenters. The number of carboxylic acid groups (broad SMARTS) is 1. The lowest BCUT2D eigenvalue weighted by molar-refractivity contribution is -0.146. The van der Waals surface area contributed by atoms with Crippen molar-refractivity contribution in [2.45, 2.75) is 44.6 Å². The third-order valence-corrected chi connectivity index (χ3v) is 4.47. The summed E-state index contributed by atoms with van der Waals surface area (Å²) >= 11 is 0. The molecule has 6 nitrogen and oxygen atoms in total. The van der Waals surface area contributed by atoms with Crippen LogP contribution in [0.4, 0.5) is 0 Å². The van der Waals surface area contributed by atoms with Crippen molar-refractivity contribution in [1.29, 1.82) is 0 Å². The maximum Gasteiger partial charge on any atom is 0.306 e. The minimum atomic E-state index is -0.818. The van der Waals surface area contributed by atoms with Gasteiger partial charge >= 0.3 is 5.97 Å². The standard InChI is InChI=1S/C14H22N2O4/c1-15-12(17)11-4-2-3-7-16(11)13(18)9-5-6-10(8-9)14(19)20/h9-11H,2-8H2,1H3,(H,15,17)(H,19,20). The van der Waals surface area contributed by atoms with Gasteiger partial charge in [-0.3, -0.25) is 14.4 Å². The van der Waals surface area contributed by atoms with Crippen molar-refractivity contribution in [3.05, 3.63) is 0 Å². The Bertz CT molecular complexity index is 410. The summed E-state index contributed by atoms with van der Waals surface area (Å²) in [5, 5.41) is 11.6. The van der Waals surface area contributed by atoms with Crippen molar-refractivity contribution < 1.29 is 19.5 Å². The quantitative estimate of drug-likeness (QED) is 0.794. The summed E-state index contributed by atoms with van der Waals surface area (Å²) in [5.74, 6) is -1.62. The van der Waals surface area contributed by atoms with Crippen molar-refractivity contribution in [1.82, 2.24) is 10.2 Å². The highest BCUT2D eigenvalue weighted by Gasteiger charge is 2.39. The van der Waals surface area contributed by atoms with Crippen molar-refractivity contribution >= 4 is 17.8 Å². The van der Waals surface area contributed by atoms with Crippen LogP contribution >= 0.6 is 0 Å². The van der Waals surface area contributed by atoms with E-state index in [-0.39, 0.29) is 23.8 Å². The monoisotopic (exact) mass is 282 g/mol. The highest BCUT2D eigenvalue weighted by atomic mass is 16.4. The fourth-order valence-electron chi connectivity index (χ4n) is 3.30. The van der Waals surface area contributed by atoms with E-state index in [4.69, 9.17) is 5.11 Å². The molecule has 112 valence electrons. The third kappa shape index (κ3) is 2.94. The van der Waals surface area contributed by atoms with Gasteiger partial charge in [0.1, 0.15) is 6.04 Å². The molecule has 3 atom stereocenters. The van der Waals surface area contributed by atoms with Gasteiger partial charge in [0.05, 0.1) is 5.92 Å². The first kappa shape index (κ1) is 14.8. The maximum atomic E-state index is 12.6. The molecule has 1 aliphatic heterocycles. The Morgan fingerprint density at radius 3 is 2.40 bits per heavy atom.